The van der Waals surface area contributed by atoms with Gasteiger partial charge < -0.3 is 15.5 Å². The number of piperidine rings is 1. The molecule has 4 rings (SSSR count). The Hall–Kier alpha value is -2.24. The average molecular weight is 390 g/mol. The second kappa shape index (κ2) is 6.49. The zero-order valence-electron chi connectivity index (χ0n) is 13.9. The van der Waals surface area contributed by atoms with E-state index in [-0.39, 0.29) is 11.8 Å². The minimum absolute atomic E-state index is 0.0870. The summed E-state index contributed by atoms with van der Waals surface area (Å²) in [4.78, 5) is 27.0. The lowest BCUT2D eigenvalue weighted by atomic mass is 9.92. The highest BCUT2D eigenvalue weighted by Crippen LogP contribution is 2.35. The van der Waals surface area contributed by atoms with Crippen LogP contribution < -0.4 is 10.6 Å². The van der Waals surface area contributed by atoms with Crippen LogP contribution in [0.5, 0.6) is 0 Å². The zero-order chi connectivity index (χ0) is 18.3. The maximum absolute atomic E-state index is 12.7. The molecule has 2 aromatic rings. The predicted octanol–water partition coefficient (Wildman–Crippen LogP) is 3.78. The quantitative estimate of drug-likeness (QED) is 0.779. The highest BCUT2D eigenvalue weighted by molar-refractivity contribution is 6.35. The number of nitrogens with one attached hydrogen (secondary N) is 2. The van der Waals surface area contributed by atoms with Gasteiger partial charge in [-0.25, -0.2) is 0 Å². The Kier molecular flexibility index (Phi) is 4.29. The highest BCUT2D eigenvalue weighted by atomic mass is 35.5. The van der Waals surface area contributed by atoms with Crippen LogP contribution in [0.2, 0.25) is 10.0 Å². The van der Waals surface area contributed by atoms with Crippen molar-refractivity contribution < 1.29 is 9.59 Å². The molecule has 0 aliphatic carbocycles. The molecule has 2 aliphatic heterocycles. The molecule has 0 radical (unpaired) electrons. The van der Waals surface area contributed by atoms with Crippen molar-refractivity contribution in [3.05, 3.63) is 63.6 Å². The third-order valence-corrected chi connectivity index (χ3v) is 5.62. The Morgan fingerprint density at radius 2 is 1.65 bits per heavy atom. The average Bonchev–Trinajstić information content (AvgIpc) is 2.62. The van der Waals surface area contributed by atoms with Crippen molar-refractivity contribution in [2.45, 2.75) is 18.5 Å². The second-order valence-corrected chi connectivity index (χ2v) is 7.41. The van der Waals surface area contributed by atoms with Crippen LogP contribution in [0.4, 0.5) is 5.69 Å². The molecule has 1 spiro atoms. The molecular formula is C19H17Cl2N3O2. The second-order valence-electron chi connectivity index (χ2n) is 6.60. The molecule has 2 amide bonds. The molecule has 0 saturated carbocycles. The van der Waals surface area contributed by atoms with E-state index in [9.17, 15) is 9.59 Å². The Morgan fingerprint density at radius 1 is 0.962 bits per heavy atom. The van der Waals surface area contributed by atoms with Crippen LogP contribution >= 0.6 is 23.2 Å². The van der Waals surface area contributed by atoms with Gasteiger partial charge in [0.25, 0.3) is 11.8 Å². The van der Waals surface area contributed by atoms with Crippen LogP contribution in [0, 0.1) is 0 Å². The van der Waals surface area contributed by atoms with Gasteiger partial charge in [-0.3, -0.25) is 9.59 Å². The lowest BCUT2D eigenvalue weighted by molar-refractivity contribution is 0.0640. The topological polar surface area (TPSA) is 61.4 Å². The van der Waals surface area contributed by atoms with Crippen LogP contribution in [0.1, 0.15) is 33.6 Å². The largest absolute Gasteiger partial charge is 0.362 e. The van der Waals surface area contributed by atoms with E-state index in [4.69, 9.17) is 23.2 Å². The molecule has 1 fully saturated rings. The third kappa shape index (κ3) is 2.91. The molecule has 2 N–H and O–H groups in total. The van der Waals surface area contributed by atoms with Gasteiger partial charge in [-0.05, 0) is 24.3 Å². The van der Waals surface area contributed by atoms with Gasteiger partial charge in [-0.15, -0.1) is 0 Å². The molecule has 2 aromatic carbocycles. The lowest BCUT2D eigenvalue weighted by Crippen LogP contribution is -2.62. The van der Waals surface area contributed by atoms with Gasteiger partial charge in [0.1, 0.15) is 5.66 Å². The number of carbonyl (C=O) groups is 2. The molecule has 0 bridgehead atoms. The van der Waals surface area contributed by atoms with Crippen LogP contribution in [0.15, 0.2) is 42.5 Å². The molecule has 1 saturated heterocycles. The summed E-state index contributed by atoms with van der Waals surface area (Å²) in [6, 6.07) is 12.4. The first-order valence-electron chi connectivity index (χ1n) is 8.42. The summed E-state index contributed by atoms with van der Waals surface area (Å²) in [5.74, 6) is -0.272. The first-order valence-corrected chi connectivity index (χ1v) is 9.18. The summed E-state index contributed by atoms with van der Waals surface area (Å²) in [5.41, 5.74) is 1.14. The number of carbonyl (C=O) groups excluding carboxylic acids is 2. The molecule has 7 heteroatoms. The maximum atomic E-state index is 12.7. The van der Waals surface area contributed by atoms with Crippen molar-refractivity contribution in [3.63, 3.8) is 0 Å². The molecule has 5 nitrogen and oxygen atoms in total. The Bertz CT molecular complexity index is 892. The summed E-state index contributed by atoms with van der Waals surface area (Å²) >= 11 is 12.3. The van der Waals surface area contributed by atoms with Gasteiger partial charge in [-0.2, -0.15) is 0 Å². The molecule has 2 aliphatic rings. The first kappa shape index (κ1) is 17.2. The van der Waals surface area contributed by atoms with Crippen molar-refractivity contribution in [3.8, 4) is 0 Å². The predicted molar refractivity (Wildman–Crippen MR) is 102 cm³/mol. The minimum atomic E-state index is -0.563. The van der Waals surface area contributed by atoms with Crippen molar-refractivity contribution in [2.24, 2.45) is 0 Å². The fourth-order valence-electron chi connectivity index (χ4n) is 3.57. The van der Waals surface area contributed by atoms with E-state index in [1.54, 1.807) is 35.2 Å². The number of hydrogen-bond acceptors (Lipinski definition) is 3. The van der Waals surface area contributed by atoms with Gasteiger partial charge in [0.2, 0.25) is 0 Å². The van der Waals surface area contributed by atoms with E-state index < -0.39 is 5.66 Å². The fourth-order valence-corrected chi connectivity index (χ4v) is 4.05. The third-order valence-electron chi connectivity index (χ3n) is 4.98. The lowest BCUT2D eigenvalue weighted by Gasteiger charge is -2.46. The van der Waals surface area contributed by atoms with E-state index in [1.807, 2.05) is 12.1 Å². The number of rotatable bonds is 1. The molecule has 26 heavy (non-hydrogen) atoms. The summed E-state index contributed by atoms with van der Waals surface area (Å²) in [6.45, 7) is 1.04. The van der Waals surface area contributed by atoms with E-state index in [2.05, 4.69) is 10.6 Å². The Labute approximate surface area is 161 Å². The SMILES string of the molecule is O=C1NC2(CCN(C(=O)c3ccccc3Cl)CC2)Nc2cccc(Cl)c21. The molecule has 2 heterocycles. The number of halogens is 2. The maximum Gasteiger partial charge on any atom is 0.256 e. The van der Waals surface area contributed by atoms with E-state index in [0.29, 0.717) is 47.1 Å². The van der Waals surface area contributed by atoms with Gasteiger partial charge in [0, 0.05) is 25.9 Å². The highest BCUT2D eigenvalue weighted by Gasteiger charge is 2.41. The summed E-state index contributed by atoms with van der Waals surface area (Å²) < 4.78 is 0. The van der Waals surface area contributed by atoms with E-state index >= 15 is 0 Å². The monoisotopic (exact) mass is 389 g/mol. The summed E-state index contributed by atoms with van der Waals surface area (Å²) in [5, 5.41) is 7.33. The minimum Gasteiger partial charge on any atom is -0.362 e. The van der Waals surface area contributed by atoms with Crippen molar-refractivity contribution in [1.82, 2.24) is 10.2 Å². The summed E-state index contributed by atoms with van der Waals surface area (Å²) in [7, 11) is 0. The summed E-state index contributed by atoms with van der Waals surface area (Å²) in [6.07, 6.45) is 1.20. The van der Waals surface area contributed by atoms with Crippen molar-refractivity contribution in [2.75, 3.05) is 18.4 Å². The molecule has 134 valence electrons. The van der Waals surface area contributed by atoms with Gasteiger partial charge in [-0.1, -0.05) is 41.4 Å². The van der Waals surface area contributed by atoms with Crippen molar-refractivity contribution >= 4 is 40.7 Å². The number of amides is 2. The zero-order valence-corrected chi connectivity index (χ0v) is 15.4. The molecule has 0 unspecified atom stereocenters. The van der Waals surface area contributed by atoms with Gasteiger partial charge >= 0.3 is 0 Å². The van der Waals surface area contributed by atoms with Crippen LogP contribution in [0.25, 0.3) is 0 Å². The van der Waals surface area contributed by atoms with E-state index in [0.717, 1.165) is 5.69 Å². The Balaban J connectivity index is 1.51. The normalized spacial score (nSPS) is 18.1. The standard InChI is InChI=1S/C19H17Cl2N3O2/c20-13-5-2-1-4-12(13)18(26)24-10-8-19(9-11-24)22-15-7-3-6-14(21)16(15)17(25)23-19/h1-7,22H,8-11H2,(H,23,25). The van der Waals surface area contributed by atoms with Crippen LogP contribution in [0.3, 0.4) is 0 Å². The first-order chi connectivity index (χ1) is 12.5. The smallest absolute Gasteiger partial charge is 0.256 e. The Morgan fingerprint density at radius 3 is 2.38 bits per heavy atom. The number of likely N-dealkylation sites (tertiary alicyclic amines) is 1. The number of nitrogens with zero attached hydrogens (tertiary/aromatic N) is 1. The number of anilines is 1. The molecule has 0 aromatic heterocycles. The van der Waals surface area contributed by atoms with Gasteiger partial charge in [0.05, 0.1) is 26.9 Å². The molecular weight excluding hydrogens is 373 g/mol. The fraction of sp³-hybridized carbons (Fsp3) is 0.263. The number of benzene rings is 2. The van der Waals surface area contributed by atoms with Crippen LogP contribution in [-0.2, 0) is 0 Å². The van der Waals surface area contributed by atoms with Crippen molar-refractivity contribution in [1.29, 1.82) is 0 Å². The van der Waals surface area contributed by atoms with Gasteiger partial charge in [0.15, 0.2) is 0 Å². The van der Waals surface area contributed by atoms with E-state index in [1.165, 1.54) is 0 Å². The molecule has 0 atom stereocenters. The number of hydrogen-bond donors (Lipinski definition) is 2. The number of fused-ring (bicyclic) bond motifs is 1. The van der Waals surface area contributed by atoms with Crippen LogP contribution in [-0.4, -0.2) is 35.5 Å².